The highest BCUT2D eigenvalue weighted by molar-refractivity contribution is 7.71. The Morgan fingerprint density at radius 2 is 2.05 bits per heavy atom. The fourth-order valence-corrected chi connectivity index (χ4v) is 2.81. The Bertz CT molecular complexity index is 888. The maximum Gasteiger partial charge on any atom is 0.216 e. The summed E-state index contributed by atoms with van der Waals surface area (Å²) in [6.45, 7) is 0. The summed E-state index contributed by atoms with van der Waals surface area (Å²) in [4.78, 5) is 3.98. The number of rotatable bonds is 3. The van der Waals surface area contributed by atoms with Crippen LogP contribution in [-0.2, 0) is 12.8 Å². The van der Waals surface area contributed by atoms with Crippen molar-refractivity contribution >= 4 is 18.4 Å². The van der Waals surface area contributed by atoms with Gasteiger partial charge in [-0.15, -0.1) is 0 Å². The van der Waals surface area contributed by atoms with Gasteiger partial charge in [0.25, 0.3) is 0 Å². The topological polar surface area (TPSA) is 87.5 Å². The first kappa shape index (κ1) is 13.1. The van der Waals surface area contributed by atoms with Crippen LogP contribution in [0, 0.1) is 4.77 Å². The predicted molar refractivity (Wildman–Crippen MR) is 84.2 cm³/mol. The maximum absolute atomic E-state index is 5.27. The van der Waals surface area contributed by atoms with Gasteiger partial charge in [0.1, 0.15) is 5.69 Å². The van der Waals surface area contributed by atoms with Crippen LogP contribution < -0.4 is 0 Å². The third kappa shape index (κ3) is 2.17. The molecule has 7 nitrogen and oxygen atoms in total. The summed E-state index contributed by atoms with van der Waals surface area (Å²) in [6.07, 6.45) is 8.35. The Balaban J connectivity index is 1.76. The summed E-state index contributed by atoms with van der Waals surface area (Å²) >= 11 is 5.27. The molecule has 0 aliphatic heterocycles. The quantitative estimate of drug-likeness (QED) is 0.573. The lowest BCUT2D eigenvalue weighted by Crippen LogP contribution is -1.97. The first-order chi connectivity index (χ1) is 10.8. The van der Waals surface area contributed by atoms with Gasteiger partial charge in [0.15, 0.2) is 0 Å². The molecule has 2 N–H and O–H groups in total. The molecular formula is C14H13N7S. The molecule has 0 bridgehead atoms. The Morgan fingerprint density at radius 3 is 2.91 bits per heavy atom. The largest absolute Gasteiger partial charge is 0.282 e. The van der Waals surface area contributed by atoms with Crippen LogP contribution in [0.5, 0.6) is 0 Å². The summed E-state index contributed by atoms with van der Waals surface area (Å²) in [7, 11) is 0. The van der Waals surface area contributed by atoms with Crippen LogP contribution in [0.2, 0.25) is 0 Å². The minimum atomic E-state index is 0.440. The molecule has 3 aromatic rings. The highest BCUT2D eigenvalue weighted by Crippen LogP contribution is 2.29. The van der Waals surface area contributed by atoms with Crippen LogP contribution in [-0.4, -0.2) is 36.3 Å². The lowest BCUT2D eigenvalue weighted by atomic mass is 10.2. The van der Waals surface area contributed by atoms with E-state index >= 15 is 0 Å². The van der Waals surface area contributed by atoms with Gasteiger partial charge in [0.05, 0.1) is 6.21 Å². The second-order valence-electron chi connectivity index (χ2n) is 5.07. The van der Waals surface area contributed by atoms with Crippen molar-refractivity contribution in [3.8, 4) is 11.5 Å². The molecule has 8 heteroatoms. The van der Waals surface area contributed by atoms with Crippen molar-refractivity contribution < 1.29 is 0 Å². The molecule has 0 aromatic carbocycles. The molecule has 0 radical (unpaired) electrons. The van der Waals surface area contributed by atoms with Gasteiger partial charge in [-0.3, -0.25) is 10.1 Å². The Kier molecular flexibility index (Phi) is 3.15. The molecule has 3 aromatic heterocycles. The van der Waals surface area contributed by atoms with Gasteiger partial charge in [-0.2, -0.15) is 20.0 Å². The van der Waals surface area contributed by atoms with E-state index in [0.717, 1.165) is 30.5 Å². The van der Waals surface area contributed by atoms with Gasteiger partial charge in [0, 0.05) is 23.7 Å². The number of H-pyrrole nitrogens is 2. The summed E-state index contributed by atoms with van der Waals surface area (Å²) in [6, 6.07) is 3.75. The summed E-state index contributed by atoms with van der Waals surface area (Å²) in [5.41, 5.74) is 4.17. The molecule has 1 aliphatic rings. The van der Waals surface area contributed by atoms with E-state index in [2.05, 4.69) is 30.5 Å². The van der Waals surface area contributed by atoms with Crippen LogP contribution in [0.4, 0.5) is 0 Å². The lowest BCUT2D eigenvalue weighted by Gasteiger charge is -1.99. The number of aromatic nitrogens is 6. The average Bonchev–Trinajstić information content (AvgIpc) is 3.22. The highest BCUT2D eigenvalue weighted by atomic mass is 32.1. The van der Waals surface area contributed by atoms with E-state index in [4.69, 9.17) is 12.2 Å². The van der Waals surface area contributed by atoms with Crippen molar-refractivity contribution in [1.29, 1.82) is 0 Å². The van der Waals surface area contributed by atoms with Crippen molar-refractivity contribution in [2.24, 2.45) is 5.10 Å². The standard InChI is InChI=1S/C14H13N7S/c22-14-20-19-13(12-10-2-1-3-11(10)17-18-12)21(14)16-8-9-4-6-15-7-5-9/h4-8H,1-3H2,(H,17,18)(H,20,22)/b16-8+. The van der Waals surface area contributed by atoms with E-state index < -0.39 is 0 Å². The summed E-state index contributed by atoms with van der Waals surface area (Å²) < 4.78 is 2.04. The third-order valence-electron chi connectivity index (χ3n) is 3.70. The van der Waals surface area contributed by atoms with Gasteiger partial charge in [-0.1, -0.05) is 0 Å². The van der Waals surface area contributed by atoms with Crippen LogP contribution in [0.15, 0.2) is 29.6 Å². The number of aromatic amines is 2. The first-order valence-electron chi connectivity index (χ1n) is 7.01. The van der Waals surface area contributed by atoms with Gasteiger partial charge in [-0.25, -0.2) is 5.10 Å². The van der Waals surface area contributed by atoms with Crippen LogP contribution in [0.25, 0.3) is 11.5 Å². The number of nitrogens with zero attached hydrogens (tertiary/aromatic N) is 5. The van der Waals surface area contributed by atoms with Crippen LogP contribution >= 0.6 is 12.2 Å². The minimum absolute atomic E-state index is 0.440. The smallest absolute Gasteiger partial charge is 0.216 e. The maximum atomic E-state index is 5.27. The molecule has 0 unspecified atom stereocenters. The Labute approximate surface area is 131 Å². The average molecular weight is 311 g/mol. The van der Waals surface area contributed by atoms with Crippen molar-refractivity contribution in [3.05, 3.63) is 46.1 Å². The van der Waals surface area contributed by atoms with E-state index in [1.165, 1.54) is 11.3 Å². The SMILES string of the molecule is S=c1[nH]nc(-c2n[nH]c3c2CCC3)n1/N=C/c1ccncc1. The van der Waals surface area contributed by atoms with Gasteiger partial charge in [0.2, 0.25) is 10.6 Å². The van der Waals surface area contributed by atoms with Crippen molar-refractivity contribution in [3.63, 3.8) is 0 Å². The van der Waals surface area contributed by atoms with Gasteiger partial charge >= 0.3 is 0 Å². The Hall–Kier alpha value is -2.61. The molecule has 0 atom stereocenters. The molecule has 0 fully saturated rings. The van der Waals surface area contributed by atoms with E-state index in [1.54, 1.807) is 23.3 Å². The van der Waals surface area contributed by atoms with Crippen molar-refractivity contribution in [2.45, 2.75) is 19.3 Å². The number of nitrogens with one attached hydrogen (secondary N) is 2. The molecule has 22 heavy (non-hydrogen) atoms. The van der Waals surface area contributed by atoms with E-state index in [9.17, 15) is 0 Å². The summed E-state index contributed by atoms with van der Waals surface area (Å²) in [5, 5.41) is 19.0. The number of hydrogen-bond acceptors (Lipinski definition) is 5. The molecular weight excluding hydrogens is 298 g/mol. The zero-order valence-electron chi connectivity index (χ0n) is 11.7. The highest BCUT2D eigenvalue weighted by Gasteiger charge is 2.23. The molecule has 1 aliphatic carbocycles. The number of hydrogen-bond donors (Lipinski definition) is 2. The zero-order chi connectivity index (χ0) is 14.9. The molecule has 0 saturated heterocycles. The number of fused-ring (bicyclic) bond motifs is 1. The zero-order valence-corrected chi connectivity index (χ0v) is 12.5. The monoisotopic (exact) mass is 311 g/mol. The molecule has 0 amide bonds. The van der Waals surface area contributed by atoms with E-state index in [0.29, 0.717) is 10.6 Å². The van der Waals surface area contributed by atoms with E-state index in [1.807, 2.05) is 12.1 Å². The second-order valence-corrected chi connectivity index (χ2v) is 5.46. The van der Waals surface area contributed by atoms with Crippen LogP contribution in [0.3, 0.4) is 0 Å². The lowest BCUT2D eigenvalue weighted by molar-refractivity contribution is 0.844. The summed E-state index contributed by atoms with van der Waals surface area (Å²) in [5.74, 6) is 0.634. The molecule has 0 spiro atoms. The fraction of sp³-hybridized carbons (Fsp3) is 0.214. The minimum Gasteiger partial charge on any atom is -0.282 e. The molecule has 0 saturated carbocycles. The first-order valence-corrected chi connectivity index (χ1v) is 7.42. The fourth-order valence-electron chi connectivity index (χ4n) is 2.63. The molecule has 110 valence electrons. The van der Waals surface area contributed by atoms with Gasteiger partial charge < -0.3 is 0 Å². The van der Waals surface area contributed by atoms with Crippen LogP contribution in [0.1, 0.15) is 23.2 Å². The normalized spacial score (nSPS) is 13.8. The Morgan fingerprint density at radius 1 is 1.18 bits per heavy atom. The van der Waals surface area contributed by atoms with Crippen molar-refractivity contribution in [2.75, 3.05) is 0 Å². The third-order valence-corrected chi connectivity index (χ3v) is 3.96. The predicted octanol–water partition coefficient (Wildman–Crippen LogP) is 2.10. The molecule has 4 rings (SSSR count). The number of pyridine rings is 1. The van der Waals surface area contributed by atoms with Crippen molar-refractivity contribution in [1.82, 2.24) is 30.1 Å². The number of aryl methyl sites for hydroxylation is 1. The molecule has 3 heterocycles. The second kappa shape index (κ2) is 5.30. The van der Waals surface area contributed by atoms with E-state index in [-0.39, 0.29) is 0 Å². The van der Waals surface area contributed by atoms with Gasteiger partial charge in [-0.05, 0) is 49.2 Å².